The summed E-state index contributed by atoms with van der Waals surface area (Å²) < 4.78 is 2.42. The predicted octanol–water partition coefficient (Wildman–Crippen LogP) is 3.24. The molecule has 0 saturated heterocycles. The predicted molar refractivity (Wildman–Crippen MR) is 63.8 cm³/mol. The van der Waals surface area contributed by atoms with E-state index >= 15 is 0 Å². The summed E-state index contributed by atoms with van der Waals surface area (Å²) in [6.45, 7) is 5.55. The molecular formula is C14H18N+. The van der Waals surface area contributed by atoms with Crippen LogP contribution in [0.25, 0.3) is 10.9 Å². The molecular weight excluding hydrogens is 182 g/mol. The molecule has 0 spiro atoms. The summed E-state index contributed by atoms with van der Waals surface area (Å²) in [6, 6.07) is 13.0. The van der Waals surface area contributed by atoms with E-state index in [1.807, 2.05) is 0 Å². The third kappa shape index (κ3) is 2.01. The first-order valence-corrected chi connectivity index (χ1v) is 5.71. The maximum absolute atomic E-state index is 2.42. The fourth-order valence-corrected chi connectivity index (χ4v) is 1.98. The third-order valence-electron chi connectivity index (χ3n) is 2.89. The SMILES string of the molecule is CCCC[n+]1c(C)ccc2ccccc21. The van der Waals surface area contributed by atoms with Crippen LogP contribution in [-0.2, 0) is 6.54 Å². The van der Waals surface area contributed by atoms with Gasteiger partial charge in [0.1, 0.15) is 6.54 Å². The van der Waals surface area contributed by atoms with E-state index in [1.54, 1.807) is 0 Å². The molecule has 0 unspecified atom stereocenters. The van der Waals surface area contributed by atoms with Crippen molar-refractivity contribution in [1.29, 1.82) is 0 Å². The zero-order chi connectivity index (χ0) is 10.7. The largest absolute Gasteiger partial charge is 0.212 e. The van der Waals surface area contributed by atoms with Crippen LogP contribution in [0, 0.1) is 6.92 Å². The lowest BCUT2D eigenvalue weighted by Crippen LogP contribution is -2.37. The molecule has 1 nitrogen and oxygen atoms in total. The second-order valence-electron chi connectivity index (χ2n) is 4.04. The van der Waals surface area contributed by atoms with Crippen LogP contribution in [0.3, 0.4) is 0 Å². The van der Waals surface area contributed by atoms with Crippen molar-refractivity contribution in [1.82, 2.24) is 0 Å². The number of para-hydroxylation sites is 1. The lowest BCUT2D eigenvalue weighted by Gasteiger charge is -2.03. The van der Waals surface area contributed by atoms with Gasteiger partial charge in [0, 0.05) is 30.9 Å². The van der Waals surface area contributed by atoms with Gasteiger partial charge in [-0.1, -0.05) is 25.5 Å². The minimum absolute atomic E-state index is 1.13. The normalized spacial score (nSPS) is 10.8. The Bertz CT molecular complexity index is 460. The van der Waals surface area contributed by atoms with Gasteiger partial charge in [-0.25, -0.2) is 0 Å². The average molecular weight is 200 g/mol. The number of nitrogens with zero attached hydrogens (tertiary/aromatic N) is 1. The molecule has 0 fully saturated rings. The van der Waals surface area contributed by atoms with Crippen molar-refractivity contribution in [3.05, 3.63) is 42.1 Å². The molecule has 1 aromatic heterocycles. The molecule has 0 aliphatic carbocycles. The van der Waals surface area contributed by atoms with E-state index < -0.39 is 0 Å². The minimum Gasteiger partial charge on any atom is -0.196 e. The standard InChI is InChI=1S/C14H18N/c1-3-4-11-15-12(2)9-10-13-7-5-6-8-14(13)15/h5-10H,3-4,11H2,1-2H3/q+1. The molecule has 0 radical (unpaired) electrons. The summed E-state index contributed by atoms with van der Waals surface area (Å²) in [5.74, 6) is 0. The Kier molecular flexibility index (Phi) is 3.00. The molecule has 0 aliphatic rings. The van der Waals surface area contributed by atoms with Crippen molar-refractivity contribution < 1.29 is 4.57 Å². The number of hydrogen-bond donors (Lipinski definition) is 0. The second kappa shape index (κ2) is 4.43. The number of unbranched alkanes of at least 4 members (excludes halogenated alkanes) is 1. The van der Waals surface area contributed by atoms with E-state index in [0.29, 0.717) is 0 Å². The molecule has 0 atom stereocenters. The fraction of sp³-hybridized carbons (Fsp3) is 0.357. The summed E-state index contributed by atoms with van der Waals surface area (Å²) in [5, 5.41) is 1.33. The number of fused-ring (bicyclic) bond motifs is 1. The van der Waals surface area contributed by atoms with Gasteiger partial charge in [-0.05, 0) is 12.1 Å². The average Bonchev–Trinajstić information content (AvgIpc) is 2.28. The summed E-state index contributed by atoms with van der Waals surface area (Å²) in [7, 11) is 0. The number of aromatic nitrogens is 1. The van der Waals surface area contributed by atoms with Gasteiger partial charge >= 0.3 is 0 Å². The topological polar surface area (TPSA) is 3.88 Å². The van der Waals surface area contributed by atoms with Crippen LogP contribution in [0.1, 0.15) is 25.5 Å². The van der Waals surface area contributed by atoms with E-state index in [0.717, 1.165) is 6.54 Å². The van der Waals surface area contributed by atoms with Gasteiger partial charge in [0.2, 0.25) is 5.52 Å². The van der Waals surface area contributed by atoms with Crippen LogP contribution in [0.2, 0.25) is 0 Å². The van der Waals surface area contributed by atoms with Crippen LogP contribution >= 0.6 is 0 Å². The molecule has 1 heterocycles. The van der Waals surface area contributed by atoms with Gasteiger partial charge < -0.3 is 0 Å². The van der Waals surface area contributed by atoms with Crippen LogP contribution < -0.4 is 4.57 Å². The molecule has 0 aliphatic heterocycles. The van der Waals surface area contributed by atoms with Gasteiger partial charge in [-0.3, -0.25) is 0 Å². The van der Waals surface area contributed by atoms with Crippen molar-refractivity contribution in [3.8, 4) is 0 Å². The summed E-state index contributed by atoms with van der Waals surface area (Å²) >= 11 is 0. The Morgan fingerprint density at radius 3 is 2.67 bits per heavy atom. The Morgan fingerprint density at radius 1 is 1.07 bits per heavy atom. The van der Waals surface area contributed by atoms with E-state index in [-0.39, 0.29) is 0 Å². The second-order valence-corrected chi connectivity index (χ2v) is 4.04. The molecule has 0 amide bonds. The zero-order valence-electron chi connectivity index (χ0n) is 9.53. The van der Waals surface area contributed by atoms with E-state index in [1.165, 1.54) is 29.4 Å². The highest BCUT2D eigenvalue weighted by Gasteiger charge is 2.10. The Hall–Kier alpha value is -1.37. The highest BCUT2D eigenvalue weighted by Crippen LogP contribution is 2.10. The molecule has 1 aromatic carbocycles. The lowest BCUT2D eigenvalue weighted by molar-refractivity contribution is -0.677. The summed E-state index contributed by atoms with van der Waals surface area (Å²) in [5.41, 5.74) is 2.70. The van der Waals surface area contributed by atoms with Gasteiger partial charge in [-0.2, -0.15) is 4.57 Å². The Balaban J connectivity index is 2.53. The molecule has 0 bridgehead atoms. The first-order valence-electron chi connectivity index (χ1n) is 5.71. The van der Waals surface area contributed by atoms with Crippen molar-refractivity contribution in [2.75, 3.05) is 0 Å². The monoisotopic (exact) mass is 200 g/mol. The first-order chi connectivity index (χ1) is 7.33. The number of benzene rings is 1. The highest BCUT2D eigenvalue weighted by molar-refractivity contribution is 5.75. The molecule has 2 rings (SSSR count). The molecule has 15 heavy (non-hydrogen) atoms. The third-order valence-corrected chi connectivity index (χ3v) is 2.89. The Morgan fingerprint density at radius 2 is 1.87 bits per heavy atom. The molecule has 1 heteroatoms. The number of hydrogen-bond acceptors (Lipinski definition) is 0. The van der Waals surface area contributed by atoms with Crippen molar-refractivity contribution in [3.63, 3.8) is 0 Å². The van der Waals surface area contributed by atoms with Gasteiger partial charge in [0.15, 0.2) is 5.69 Å². The lowest BCUT2D eigenvalue weighted by atomic mass is 10.2. The van der Waals surface area contributed by atoms with Gasteiger partial charge in [-0.15, -0.1) is 0 Å². The van der Waals surface area contributed by atoms with Crippen molar-refractivity contribution in [2.45, 2.75) is 33.2 Å². The fourth-order valence-electron chi connectivity index (χ4n) is 1.98. The van der Waals surface area contributed by atoms with E-state index in [4.69, 9.17) is 0 Å². The first kappa shape index (κ1) is 10.2. The van der Waals surface area contributed by atoms with Crippen LogP contribution in [-0.4, -0.2) is 0 Å². The zero-order valence-corrected chi connectivity index (χ0v) is 9.53. The number of aryl methyl sites for hydroxylation is 2. The van der Waals surface area contributed by atoms with Crippen molar-refractivity contribution >= 4 is 10.9 Å². The highest BCUT2D eigenvalue weighted by atomic mass is 15.0. The van der Waals surface area contributed by atoms with Crippen LogP contribution in [0.5, 0.6) is 0 Å². The maximum Gasteiger partial charge on any atom is 0.212 e. The van der Waals surface area contributed by atoms with Crippen molar-refractivity contribution in [2.24, 2.45) is 0 Å². The molecule has 2 aromatic rings. The van der Waals surface area contributed by atoms with Gasteiger partial charge in [0.05, 0.1) is 0 Å². The number of pyridine rings is 1. The van der Waals surface area contributed by atoms with E-state index in [2.05, 4.69) is 54.8 Å². The molecule has 0 saturated carbocycles. The summed E-state index contributed by atoms with van der Waals surface area (Å²) in [4.78, 5) is 0. The molecule has 0 N–H and O–H groups in total. The number of rotatable bonds is 3. The van der Waals surface area contributed by atoms with E-state index in [9.17, 15) is 0 Å². The maximum atomic E-state index is 2.42. The molecule has 78 valence electrons. The van der Waals surface area contributed by atoms with Gasteiger partial charge in [0.25, 0.3) is 0 Å². The van der Waals surface area contributed by atoms with Crippen LogP contribution in [0.15, 0.2) is 36.4 Å². The minimum atomic E-state index is 1.13. The van der Waals surface area contributed by atoms with Crippen LogP contribution in [0.4, 0.5) is 0 Å². The summed E-state index contributed by atoms with van der Waals surface area (Å²) in [6.07, 6.45) is 2.50. The Labute approximate surface area is 91.4 Å². The smallest absolute Gasteiger partial charge is 0.196 e. The quantitative estimate of drug-likeness (QED) is 0.670.